The Kier molecular flexibility index (Phi) is 4.98. The van der Waals surface area contributed by atoms with Gasteiger partial charge in [-0.25, -0.2) is 18.4 Å². The van der Waals surface area contributed by atoms with Gasteiger partial charge in [0, 0.05) is 19.7 Å². The van der Waals surface area contributed by atoms with E-state index in [4.69, 9.17) is 10.2 Å². The third kappa shape index (κ3) is 3.89. The molecule has 1 aromatic carbocycles. The number of amides is 2. The molecule has 0 aliphatic heterocycles. The van der Waals surface area contributed by atoms with Crippen LogP contribution in [0.4, 0.5) is 19.3 Å². The second-order valence-electron chi connectivity index (χ2n) is 4.28. The average Bonchev–Trinajstić information content (AvgIpc) is 2.30. The summed E-state index contributed by atoms with van der Waals surface area (Å²) in [6, 6.07) is 0.322. The molecule has 2 amide bonds. The van der Waals surface area contributed by atoms with E-state index in [-0.39, 0.29) is 6.54 Å². The molecule has 0 saturated carbocycles. The number of anilines is 1. The first-order chi connectivity index (χ1) is 9.22. The second-order valence-corrected chi connectivity index (χ2v) is 4.28. The molecule has 0 aliphatic rings. The lowest BCUT2D eigenvalue weighted by atomic mass is 10.2. The number of hydrogen-bond donors (Lipinski definition) is 3. The molecule has 0 heterocycles. The molecule has 6 nitrogen and oxygen atoms in total. The molecular weight excluding hydrogens is 274 g/mol. The van der Waals surface area contributed by atoms with Crippen LogP contribution < -0.4 is 5.32 Å². The molecule has 0 aliphatic carbocycles. The Bertz CT molecular complexity index is 534. The maximum absolute atomic E-state index is 13.5. The monoisotopic (exact) mass is 288 g/mol. The normalized spacial score (nSPS) is 11.8. The van der Waals surface area contributed by atoms with Crippen molar-refractivity contribution in [1.82, 2.24) is 4.90 Å². The van der Waals surface area contributed by atoms with Crippen LogP contribution in [-0.2, 0) is 0 Å². The number of carboxylic acids is 1. The van der Waals surface area contributed by atoms with Crippen LogP contribution >= 0.6 is 0 Å². The van der Waals surface area contributed by atoms with Crippen LogP contribution in [0.25, 0.3) is 0 Å². The number of carbonyl (C=O) groups excluding carboxylic acids is 1. The fourth-order valence-corrected chi connectivity index (χ4v) is 1.50. The van der Waals surface area contributed by atoms with Gasteiger partial charge in [-0.2, -0.15) is 0 Å². The Labute approximate surface area is 113 Å². The molecule has 0 radical (unpaired) electrons. The number of carboxylic acid groups (broad SMARTS) is 1. The molecule has 1 unspecified atom stereocenters. The van der Waals surface area contributed by atoms with Gasteiger partial charge in [0.2, 0.25) is 0 Å². The minimum Gasteiger partial charge on any atom is -0.478 e. The Morgan fingerprint density at radius 1 is 1.35 bits per heavy atom. The smallest absolute Gasteiger partial charge is 0.338 e. The number of halogens is 2. The first-order valence-corrected chi connectivity index (χ1v) is 5.65. The van der Waals surface area contributed by atoms with E-state index in [9.17, 15) is 18.4 Å². The second kappa shape index (κ2) is 6.29. The zero-order chi connectivity index (χ0) is 15.4. The summed E-state index contributed by atoms with van der Waals surface area (Å²) in [5.74, 6) is -3.90. The Morgan fingerprint density at radius 3 is 2.45 bits per heavy atom. The van der Waals surface area contributed by atoms with Gasteiger partial charge in [0.05, 0.1) is 17.4 Å². The molecule has 8 heteroatoms. The van der Waals surface area contributed by atoms with Gasteiger partial charge in [0.1, 0.15) is 11.6 Å². The quantitative estimate of drug-likeness (QED) is 0.783. The van der Waals surface area contributed by atoms with E-state index in [1.165, 1.54) is 14.0 Å². The van der Waals surface area contributed by atoms with Crippen LogP contribution in [0.5, 0.6) is 0 Å². The Morgan fingerprint density at radius 2 is 1.95 bits per heavy atom. The molecule has 0 aromatic heterocycles. The van der Waals surface area contributed by atoms with E-state index >= 15 is 0 Å². The summed E-state index contributed by atoms with van der Waals surface area (Å²) in [6.45, 7) is 1.46. The molecule has 0 saturated heterocycles. The number of rotatable bonds is 4. The minimum absolute atomic E-state index is 0.000431. The predicted molar refractivity (Wildman–Crippen MR) is 66.6 cm³/mol. The number of aliphatic hydroxyl groups excluding tert-OH is 1. The third-order valence-electron chi connectivity index (χ3n) is 2.41. The number of likely N-dealkylation sites (N-methyl/N-ethyl adjacent to an activating group) is 1. The predicted octanol–water partition coefficient (Wildman–Crippen LogP) is 1.51. The summed E-state index contributed by atoms with van der Waals surface area (Å²) in [5, 5.41) is 20.0. The van der Waals surface area contributed by atoms with Crippen molar-refractivity contribution in [3.63, 3.8) is 0 Å². The van der Waals surface area contributed by atoms with E-state index in [2.05, 4.69) is 5.32 Å². The number of urea groups is 1. The van der Waals surface area contributed by atoms with Gasteiger partial charge in [-0.15, -0.1) is 0 Å². The summed E-state index contributed by atoms with van der Waals surface area (Å²) < 4.78 is 26.6. The fraction of sp³-hybridized carbons (Fsp3) is 0.333. The number of benzene rings is 1. The third-order valence-corrected chi connectivity index (χ3v) is 2.41. The van der Waals surface area contributed by atoms with Crippen molar-refractivity contribution in [3.8, 4) is 0 Å². The highest BCUT2D eigenvalue weighted by atomic mass is 19.1. The highest BCUT2D eigenvalue weighted by Crippen LogP contribution is 2.20. The van der Waals surface area contributed by atoms with Crippen molar-refractivity contribution in [2.75, 3.05) is 18.9 Å². The van der Waals surface area contributed by atoms with Crippen LogP contribution in [0.3, 0.4) is 0 Å². The van der Waals surface area contributed by atoms with E-state index in [1.807, 2.05) is 0 Å². The SMILES string of the molecule is CC(O)CN(C)C(=O)Nc1cc(C(=O)O)c(F)cc1F. The maximum atomic E-state index is 13.5. The highest BCUT2D eigenvalue weighted by Gasteiger charge is 2.18. The van der Waals surface area contributed by atoms with Crippen molar-refractivity contribution in [3.05, 3.63) is 29.3 Å². The van der Waals surface area contributed by atoms with Crippen LogP contribution in [0.1, 0.15) is 17.3 Å². The van der Waals surface area contributed by atoms with Crippen molar-refractivity contribution in [2.24, 2.45) is 0 Å². The number of nitrogens with zero attached hydrogens (tertiary/aromatic N) is 1. The Hall–Kier alpha value is -2.22. The van der Waals surface area contributed by atoms with Gasteiger partial charge in [-0.1, -0.05) is 0 Å². The van der Waals surface area contributed by atoms with E-state index in [0.29, 0.717) is 12.1 Å². The molecule has 1 aromatic rings. The van der Waals surface area contributed by atoms with Crippen molar-refractivity contribution >= 4 is 17.7 Å². The van der Waals surface area contributed by atoms with Crippen molar-refractivity contribution in [1.29, 1.82) is 0 Å². The summed E-state index contributed by atoms with van der Waals surface area (Å²) in [6.07, 6.45) is -0.779. The van der Waals surface area contributed by atoms with Gasteiger partial charge in [-0.05, 0) is 13.0 Å². The number of aromatic carboxylic acids is 1. The summed E-state index contributed by atoms with van der Waals surface area (Å²) in [4.78, 5) is 23.5. The van der Waals surface area contributed by atoms with Gasteiger partial charge in [0.15, 0.2) is 0 Å². The van der Waals surface area contributed by atoms with Crippen LogP contribution in [-0.4, -0.2) is 46.8 Å². The van der Waals surface area contributed by atoms with Gasteiger partial charge in [-0.3, -0.25) is 0 Å². The molecule has 20 heavy (non-hydrogen) atoms. The molecule has 0 fully saturated rings. The highest BCUT2D eigenvalue weighted by molar-refractivity contribution is 5.93. The first kappa shape index (κ1) is 15.8. The molecule has 1 rings (SSSR count). The average molecular weight is 288 g/mol. The zero-order valence-electron chi connectivity index (χ0n) is 10.9. The number of carbonyl (C=O) groups is 2. The molecular formula is C12H14F2N2O4. The Balaban J connectivity index is 2.95. The van der Waals surface area contributed by atoms with Crippen LogP contribution in [0.2, 0.25) is 0 Å². The van der Waals surface area contributed by atoms with Gasteiger partial charge in [0.25, 0.3) is 0 Å². The van der Waals surface area contributed by atoms with Crippen molar-refractivity contribution in [2.45, 2.75) is 13.0 Å². The lowest BCUT2D eigenvalue weighted by molar-refractivity contribution is 0.0691. The standard InChI is InChI=1S/C12H14F2N2O4/c1-6(17)5-16(2)12(20)15-10-3-7(11(18)19)8(13)4-9(10)14/h3-4,6,17H,5H2,1-2H3,(H,15,20)(H,18,19). The number of aliphatic hydroxyl groups is 1. The molecule has 1 atom stereocenters. The number of hydrogen-bond acceptors (Lipinski definition) is 3. The maximum Gasteiger partial charge on any atom is 0.338 e. The summed E-state index contributed by atoms with van der Waals surface area (Å²) >= 11 is 0. The van der Waals surface area contributed by atoms with Gasteiger partial charge >= 0.3 is 12.0 Å². The largest absolute Gasteiger partial charge is 0.478 e. The topological polar surface area (TPSA) is 89.9 Å². The van der Waals surface area contributed by atoms with Crippen LogP contribution in [0, 0.1) is 11.6 Å². The van der Waals surface area contributed by atoms with E-state index < -0.39 is 41.0 Å². The summed E-state index contributed by atoms with van der Waals surface area (Å²) in [5.41, 5.74) is -1.20. The molecule has 0 bridgehead atoms. The minimum atomic E-state index is -1.57. The lowest BCUT2D eigenvalue weighted by Gasteiger charge is -2.19. The molecule has 0 spiro atoms. The first-order valence-electron chi connectivity index (χ1n) is 5.65. The lowest BCUT2D eigenvalue weighted by Crippen LogP contribution is -2.36. The zero-order valence-corrected chi connectivity index (χ0v) is 10.9. The van der Waals surface area contributed by atoms with E-state index in [0.717, 1.165) is 4.90 Å². The fourth-order valence-electron chi connectivity index (χ4n) is 1.50. The van der Waals surface area contributed by atoms with E-state index in [1.54, 1.807) is 0 Å². The van der Waals surface area contributed by atoms with Crippen LogP contribution in [0.15, 0.2) is 12.1 Å². The molecule has 3 N–H and O–H groups in total. The molecule has 110 valence electrons. The van der Waals surface area contributed by atoms with Crippen molar-refractivity contribution < 1.29 is 28.6 Å². The van der Waals surface area contributed by atoms with Gasteiger partial charge < -0.3 is 20.4 Å². The summed E-state index contributed by atoms with van der Waals surface area (Å²) in [7, 11) is 1.36. The number of nitrogens with one attached hydrogen (secondary N) is 1.